The van der Waals surface area contributed by atoms with E-state index in [2.05, 4.69) is 37.2 Å². The first-order valence-electron chi connectivity index (χ1n) is 6.53. The molecule has 22 heavy (non-hydrogen) atoms. The molecule has 0 spiro atoms. The summed E-state index contributed by atoms with van der Waals surface area (Å²) in [6.07, 6.45) is 0. The molecule has 0 saturated heterocycles. The zero-order valence-electron chi connectivity index (χ0n) is 11.8. The molecule has 0 aliphatic heterocycles. The number of carbonyl (C=O) groups is 1. The summed E-state index contributed by atoms with van der Waals surface area (Å²) in [6, 6.07) is 11.6. The molecule has 0 aliphatic rings. The predicted octanol–water partition coefficient (Wildman–Crippen LogP) is 6.05. The molecule has 1 amide bonds. The number of hydrogen-bond acceptors (Lipinski definition) is 2. The average Bonchev–Trinajstić information content (AvgIpc) is 2.43. The quantitative estimate of drug-likeness (QED) is 0.585. The van der Waals surface area contributed by atoms with E-state index in [-0.39, 0.29) is 5.91 Å². The molecule has 0 heterocycles. The van der Waals surface area contributed by atoms with Gasteiger partial charge in [-0.1, -0.05) is 23.7 Å². The number of carbonyl (C=O) groups excluding carboxylic acids is 1. The molecule has 0 saturated carbocycles. The summed E-state index contributed by atoms with van der Waals surface area (Å²) in [5, 5.41) is 3.64. The van der Waals surface area contributed by atoms with Gasteiger partial charge in [0, 0.05) is 19.7 Å². The Bertz CT molecular complexity index is 671. The lowest BCUT2D eigenvalue weighted by Crippen LogP contribution is -2.15. The maximum Gasteiger partial charge on any atom is 0.234 e. The fourth-order valence-electron chi connectivity index (χ4n) is 1.88. The zero-order chi connectivity index (χ0) is 16.1. The van der Waals surface area contributed by atoms with Gasteiger partial charge in [0.15, 0.2) is 0 Å². The second kappa shape index (κ2) is 8.39. The molecule has 0 unspecified atom stereocenters. The number of nitrogens with one attached hydrogen (secondary N) is 1. The van der Waals surface area contributed by atoms with Gasteiger partial charge in [-0.3, -0.25) is 4.79 Å². The van der Waals surface area contributed by atoms with E-state index < -0.39 is 0 Å². The summed E-state index contributed by atoms with van der Waals surface area (Å²) in [5.41, 5.74) is 2.99. The van der Waals surface area contributed by atoms with E-state index in [1.54, 1.807) is 11.8 Å². The molecule has 2 aromatic carbocycles. The molecule has 6 heteroatoms. The number of hydrogen-bond donors (Lipinski definition) is 1. The number of amides is 1. The van der Waals surface area contributed by atoms with Crippen molar-refractivity contribution in [1.82, 2.24) is 0 Å². The minimum absolute atomic E-state index is 0.0303. The highest BCUT2D eigenvalue weighted by Gasteiger charge is 2.10. The maximum absolute atomic E-state index is 12.1. The molecule has 0 aliphatic carbocycles. The summed E-state index contributed by atoms with van der Waals surface area (Å²) >= 11 is 14.4. The van der Waals surface area contributed by atoms with Gasteiger partial charge in [0.25, 0.3) is 0 Å². The Balaban J connectivity index is 1.89. The van der Waals surface area contributed by atoms with E-state index in [9.17, 15) is 4.79 Å². The van der Waals surface area contributed by atoms with Crippen molar-refractivity contribution in [2.75, 3.05) is 11.1 Å². The standard InChI is InChI=1S/C16H14Br2ClNOS/c1-10-5-13(17)16(14(18)6-10)20-15(21)9-22-8-11-3-2-4-12(19)7-11/h2-7H,8-9H2,1H3,(H,20,21). The Morgan fingerprint density at radius 3 is 2.55 bits per heavy atom. The SMILES string of the molecule is Cc1cc(Br)c(NC(=O)CSCc2cccc(Cl)c2)c(Br)c1. The number of benzene rings is 2. The molecule has 1 N–H and O–H groups in total. The summed E-state index contributed by atoms with van der Waals surface area (Å²) < 4.78 is 1.74. The Hall–Kier alpha value is -0.490. The Morgan fingerprint density at radius 2 is 1.91 bits per heavy atom. The first-order chi connectivity index (χ1) is 10.5. The van der Waals surface area contributed by atoms with Crippen molar-refractivity contribution >= 4 is 66.8 Å². The van der Waals surface area contributed by atoms with Gasteiger partial charge in [0.05, 0.1) is 11.4 Å². The highest BCUT2D eigenvalue weighted by atomic mass is 79.9. The van der Waals surface area contributed by atoms with Gasteiger partial charge < -0.3 is 5.32 Å². The molecular formula is C16H14Br2ClNOS. The van der Waals surface area contributed by atoms with Gasteiger partial charge >= 0.3 is 0 Å². The first-order valence-corrected chi connectivity index (χ1v) is 9.65. The molecule has 2 nitrogen and oxygen atoms in total. The molecule has 0 bridgehead atoms. The third-order valence-corrected chi connectivity index (χ3v) is 5.33. The van der Waals surface area contributed by atoms with E-state index in [1.807, 2.05) is 43.3 Å². The lowest BCUT2D eigenvalue weighted by Gasteiger charge is -2.10. The van der Waals surface area contributed by atoms with Gasteiger partial charge in [0.2, 0.25) is 5.91 Å². The topological polar surface area (TPSA) is 29.1 Å². The number of halogens is 3. The van der Waals surface area contributed by atoms with Crippen LogP contribution in [-0.2, 0) is 10.5 Å². The van der Waals surface area contributed by atoms with Crippen LogP contribution in [0.5, 0.6) is 0 Å². The minimum atomic E-state index is -0.0303. The van der Waals surface area contributed by atoms with Crippen LogP contribution in [0.4, 0.5) is 5.69 Å². The van der Waals surface area contributed by atoms with E-state index in [1.165, 1.54) is 0 Å². The predicted molar refractivity (Wildman–Crippen MR) is 103 cm³/mol. The normalized spacial score (nSPS) is 10.5. The zero-order valence-corrected chi connectivity index (χ0v) is 16.6. The fourth-order valence-corrected chi connectivity index (χ4v) is 4.48. The van der Waals surface area contributed by atoms with Crippen LogP contribution in [0.3, 0.4) is 0 Å². The molecule has 0 fully saturated rings. The highest BCUT2D eigenvalue weighted by molar-refractivity contribution is 9.11. The monoisotopic (exact) mass is 461 g/mol. The summed E-state index contributed by atoms with van der Waals surface area (Å²) in [6.45, 7) is 2.00. The van der Waals surface area contributed by atoms with Crippen LogP contribution in [0.15, 0.2) is 45.3 Å². The lowest BCUT2D eigenvalue weighted by atomic mass is 10.2. The van der Waals surface area contributed by atoms with Gasteiger partial charge in [0.1, 0.15) is 0 Å². The Morgan fingerprint density at radius 1 is 1.23 bits per heavy atom. The maximum atomic E-state index is 12.1. The Labute approximate surface area is 156 Å². The smallest absolute Gasteiger partial charge is 0.234 e. The van der Waals surface area contributed by atoms with Gasteiger partial charge in [-0.05, 0) is 74.2 Å². The van der Waals surface area contributed by atoms with E-state index in [0.29, 0.717) is 5.75 Å². The van der Waals surface area contributed by atoms with E-state index >= 15 is 0 Å². The van der Waals surface area contributed by atoms with Crippen molar-refractivity contribution in [3.8, 4) is 0 Å². The van der Waals surface area contributed by atoms with Crippen molar-refractivity contribution in [3.05, 3.63) is 61.5 Å². The first kappa shape index (κ1) is 17.9. The third-order valence-electron chi connectivity index (χ3n) is 2.84. The van der Waals surface area contributed by atoms with Crippen LogP contribution < -0.4 is 5.32 Å². The van der Waals surface area contributed by atoms with Crippen molar-refractivity contribution in [1.29, 1.82) is 0 Å². The van der Waals surface area contributed by atoms with Gasteiger partial charge in [-0.25, -0.2) is 0 Å². The number of rotatable bonds is 5. The molecular weight excluding hydrogens is 450 g/mol. The second-order valence-corrected chi connectivity index (χ2v) is 7.91. The van der Waals surface area contributed by atoms with Crippen molar-refractivity contribution in [2.24, 2.45) is 0 Å². The Kier molecular flexibility index (Phi) is 6.81. The summed E-state index contributed by atoms with van der Waals surface area (Å²) in [7, 11) is 0. The largest absolute Gasteiger partial charge is 0.323 e. The van der Waals surface area contributed by atoms with Gasteiger partial charge in [-0.15, -0.1) is 11.8 Å². The minimum Gasteiger partial charge on any atom is -0.323 e. The molecule has 0 radical (unpaired) electrons. The molecule has 116 valence electrons. The van der Waals surface area contributed by atoms with E-state index in [4.69, 9.17) is 11.6 Å². The van der Waals surface area contributed by atoms with Crippen LogP contribution in [0.25, 0.3) is 0 Å². The van der Waals surface area contributed by atoms with Crippen LogP contribution in [0.1, 0.15) is 11.1 Å². The average molecular weight is 464 g/mol. The summed E-state index contributed by atoms with van der Waals surface area (Å²) in [5.74, 6) is 1.11. The second-order valence-electron chi connectivity index (χ2n) is 4.77. The van der Waals surface area contributed by atoms with Crippen LogP contribution in [0, 0.1) is 6.92 Å². The fraction of sp³-hybridized carbons (Fsp3) is 0.188. The lowest BCUT2D eigenvalue weighted by molar-refractivity contribution is -0.113. The third kappa shape index (κ3) is 5.30. The molecule has 2 rings (SSSR count). The number of anilines is 1. The van der Waals surface area contributed by atoms with Crippen LogP contribution >= 0.6 is 55.2 Å². The van der Waals surface area contributed by atoms with E-state index in [0.717, 1.165) is 36.5 Å². The van der Waals surface area contributed by atoms with Crippen LogP contribution in [-0.4, -0.2) is 11.7 Å². The number of thioether (sulfide) groups is 1. The van der Waals surface area contributed by atoms with Crippen molar-refractivity contribution < 1.29 is 4.79 Å². The van der Waals surface area contributed by atoms with Gasteiger partial charge in [-0.2, -0.15) is 0 Å². The molecule has 0 atom stereocenters. The van der Waals surface area contributed by atoms with Crippen molar-refractivity contribution in [3.63, 3.8) is 0 Å². The summed E-state index contributed by atoms with van der Waals surface area (Å²) in [4.78, 5) is 12.1. The molecule has 2 aromatic rings. The van der Waals surface area contributed by atoms with Crippen LogP contribution in [0.2, 0.25) is 5.02 Å². The van der Waals surface area contributed by atoms with Crippen molar-refractivity contribution in [2.45, 2.75) is 12.7 Å². The number of aryl methyl sites for hydroxylation is 1. The molecule has 0 aromatic heterocycles. The highest BCUT2D eigenvalue weighted by Crippen LogP contribution is 2.32.